The van der Waals surface area contributed by atoms with E-state index in [0.29, 0.717) is 0 Å². The van der Waals surface area contributed by atoms with E-state index in [1.165, 1.54) is 0 Å². The van der Waals surface area contributed by atoms with Gasteiger partial charge in [-0.2, -0.15) is 5.10 Å². The normalized spacial score (nSPS) is 10.5. The highest BCUT2D eigenvalue weighted by Gasteiger charge is 2.02. The second-order valence-corrected chi connectivity index (χ2v) is 5.15. The van der Waals surface area contributed by atoms with Crippen LogP contribution in [0.3, 0.4) is 0 Å². The van der Waals surface area contributed by atoms with E-state index < -0.39 is 0 Å². The minimum atomic E-state index is 0.137. The van der Waals surface area contributed by atoms with E-state index >= 15 is 0 Å². The zero-order valence-electron chi connectivity index (χ0n) is 11.1. The number of ether oxygens (including phenoxy) is 1. The van der Waals surface area contributed by atoms with Gasteiger partial charge in [0.25, 0.3) is 0 Å². The summed E-state index contributed by atoms with van der Waals surface area (Å²) in [6.45, 7) is 0. The molecule has 0 aliphatic rings. The smallest absolute Gasteiger partial charge is 0.184 e. The molecule has 2 aromatic carbocycles. The molecule has 0 unspecified atom stereocenters. The molecule has 0 bridgehead atoms. The molecule has 0 saturated heterocycles. The van der Waals surface area contributed by atoms with Gasteiger partial charge in [-0.1, -0.05) is 34.1 Å². The van der Waals surface area contributed by atoms with Crippen LogP contribution in [0.5, 0.6) is 11.5 Å². The Balaban J connectivity index is 2.05. The first-order valence-electron chi connectivity index (χ1n) is 6.19. The Hall–Kier alpha value is -1.92. The fourth-order valence-electron chi connectivity index (χ4n) is 1.63. The van der Waals surface area contributed by atoms with Crippen LogP contribution in [0, 0.1) is 0 Å². The van der Waals surface area contributed by atoms with Gasteiger partial charge in [-0.05, 0) is 48.1 Å². The summed E-state index contributed by atoms with van der Waals surface area (Å²) in [7, 11) is 0. The number of hydrogen-bond acceptors (Lipinski definition) is 3. The minimum Gasteiger partial charge on any atom is -0.457 e. The molecule has 2 aromatic rings. The Kier molecular flexibility index (Phi) is 5.71. The molecular formula is C15H14BrN3OS. The van der Waals surface area contributed by atoms with Gasteiger partial charge in [0.1, 0.15) is 11.5 Å². The van der Waals surface area contributed by atoms with E-state index in [2.05, 4.69) is 38.7 Å². The van der Waals surface area contributed by atoms with Crippen LogP contribution in [0.2, 0.25) is 0 Å². The summed E-state index contributed by atoms with van der Waals surface area (Å²) in [5, 5.41) is 4.78. The van der Waals surface area contributed by atoms with Crippen LogP contribution < -0.4 is 15.9 Å². The number of rotatable bonds is 5. The lowest BCUT2D eigenvalue weighted by Gasteiger charge is -2.09. The third-order valence-electron chi connectivity index (χ3n) is 2.61. The molecule has 0 aliphatic heterocycles. The van der Waals surface area contributed by atoms with Crippen molar-refractivity contribution in [1.29, 1.82) is 0 Å². The number of alkyl halides is 1. The van der Waals surface area contributed by atoms with Gasteiger partial charge in [-0.15, -0.1) is 0 Å². The molecule has 0 amide bonds. The van der Waals surface area contributed by atoms with Crippen LogP contribution in [0.15, 0.2) is 53.6 Å². The molecule has 6 heteroatoms. The standard InChI is InChI=1S/C15H14BrN3OS/c16-9-12-3-1-2-4-14(12)20-13-7-5-11(6-8-13)10-18-19-15(17)21/h1-8,10H,9H2,(H3,17,19,21)/b18-10-. The maximum Gasteiger partial charge on any atom is 0.184 e. The van der Waals surface area contributed by atoms with E-state index in [1.807, 2.05) is 48.5 Å². The summed E-state index contributed by atoms with van der Waals surface area (Å²) < 4.78 is 5.87. The third-order valence-corrected chi connectivity index (χ3v) is 3.31. The van der Waals surface area contributed by atoms with Gasteiger partial charge in [-0.3, -0.25) is 5.43 Å². The van der Waals surface area contributed by atoms with Crippen molar-refractivity contribution in [2.45, 2.75) is 5.33 Å². The number of thiocarbonyl (C=S) groups is 1. The summed E-state index contributed by atoms with van der Waals surface area (Å²) in [4.78, 5) is 0. The fraction of sp³-hybridized carbons (Fsp3) is 0.0667. The van der Waals surface area contributed by atoms with E-state index in [0.717, 1.165) is 28.0 Å². The van der Waals surface area contributed by atoms with Crippen LogP contribution in [-0.2, 0) is 5.33 Å². The number of hydrogen-bond donors (Lipinski definition) is 2. The zero-order valence-corrected chi connectivity index (χ0v) is 13.5. The predicted octanol–water partition coefficient (Wildman–Crippen LogP) is 3.54. The summed E-state index contributed by atoms with van der Waals surface area (Å²) in [6.07, 6.45) is 1.63. The molecule has 0 atom stereocenters. The quantitative estimate of drug-likeness (QED) is 0.369. The maximum absolute atomic E-state index is 5.87. The highest BCUT2D eigenvalue weighted by Crippen LogP contribution is 2.26. The highest BCUT2D eigenvalue weighted by molar-refractivity contribution is 9.08. The average Bonchev–Trinajstić information content (AvgIpc) is 2.49. The molecule has 3 N–H and O–H groups in total. The highest BCUT2D eigenvalue weighted by atomic mass is 79.9. The Morgan fingerprint density at radius 3 is 2.62 bits per heavy atom. The zero-order chi connectivity index (χ0) is 15.1. The Morgan fingerprint density at radius 1 is 1.24 bits per heavy atom. The first-order valence-corrected chi connectivity index (χ1v) is 7.72. The van der Waals surface area contributed by atoms with Gasteiger partial charge >= 0.3 is 0 Å². The predicted molar refractivity (Wildman–Crippen MR) is 93.1 cm³/mol. The molecule has 4 nitrogen and oxygen atoms in total. The van der Waals surface area contributed by atoms with E-state index in [4.69, 9.17) is 10.5 Å². The van der Waals surface area contributed by atoms with Crippen molar-refractivity contribution < 1.29 is 4.74 Å². The molecule has 2 rings (SSSR count). The number of halogens is 1. The van der Waals surface area contributed by atoms with Crippen molar-refractivity contribution in [1.82, 2.24) is 5.43 Å². The number of benzene rings is 2. The van der Waals surface area contributed by atoms with Crippen molar-refractivity contribution in [3.8, 4) is 11.5 Å². The van der Waals surface area contributed by atoms with Crippen molar-refractivity contribution in [3.63, 3.8) is 0 Å². The van der Waals surface area contributed by atoms with Gasteiger partial charge < -0.3 is 10.5 Å². The Morgan fingerprint density at radius 2 is 1.95 bits per heavy atom. The molecular weight excluding hydrogens is 350 g/mol. The van der Waals surface area contributed by atoms with E-state index in [-0.39, 0.29) is 5.11 Å². The lowest BCUT2D eigenvalue weighted by molar-refractivity contribution is 0.478. The molecule has 0 aliphatic carbocycles. The number of nitrogens with two attached hydrogens (primary N) is 1. The van der Waals surface area contributed by atoms with Crippen LogP contribution in [0.25, 0.3) is 0 Å². The third kappa shape index (κ3) is 4.84. The molecule has 0 radical (unpaired) electrons. The summed E-state index contributed by atoms with van der Waals surface area (Å²) in [6, 6.07) is 15.5. The monoisotopic (exact) mass is 363 g/mol. The van der Waals surface area contributed by atoms with Crippen LogP contribution in [0.1, 0.15) is 11.1 Å². The van der Waals surface area contributed by atoms with Crippen LogP contribution in [0.4, 0.5) is 0 Å². The number of nitrogens with one attached hydrogen (secondary N) is 1. The van der Waals surface area contributed by atoms with Gasteiger partial charge in [0.05, 0.1) is 6.21 Å². The molecule has 0 fully saturated rings. The first-order chi connectivity index (χ1) is 10.2. The SMILES string of the molecule is NC(=S)N/N=C\c1ccc(Oc2ccccc2CBr)cc1. The first kappa shape index (κ1) is 15.5. The van der Waals surface area contributed by atoms with Gasteiger partial charge in [0.15, 0.2) is 5.11 Å². The summed E-state index contributed by atoms with van der Waals surface area (Å²) >= 11 is 8.11. The fourth-order valence-corrected chi connectivity index (χ4v) is 2.15. The number of nitrogens with zero attached hydrogens (tertiary/aromatic N) is 1. The van der Waals surface area contributed by atoms with Crippen molar-refractivity contribution in [2.75, 3.05) is 0 Å². The maximum atomic E-state index is 5.87. The largest absolute Gasteiger partial charge is 0.457 e. The Labute approximate surface area is 137 Å². The second kappa shape index (κ2) is 7.75. The summed E-state index contributed by atoms with van der Waals surface area (Å²) in [5.74, 6) is 1.61. The topological polar surface area (TPSA) is 59.6 Å². The molecule has 21 heavy (non-hydrogen) atoms. The number of hydrazone groups is 1. The van der Waals surface area contributed by atoms with Crippen molar-refractivity contribution in [3.05, 3.63) is 59.7 Å². The lowest BCUT2D eigenvalue weighted by Crippen LogP contribution is -2.23. The van der Waals surface area contributed by atoms with Gasteiger partial charge in [0, 0.05) is 10.9 Å². The van der Waals surface area contributed by atoms with Crippen LogP contribution in [-0.4, -0.2) is 11.3 Å². The molecule has 0 spiro atoms. The van der Waals surface area contributed by atoms with Crippen LogP contribution >= 0.6 is 28.1 Å². The molecule has 108 valence electrons. The molecule has 0 saturated carbocycles. The molecule has 0 aromatic heterocycles. The van der Waals surface area contributed by atoms with Crippen molar-refractivity contribution in [2.24, 2.45) is 10.8 Å². The van der Waals surface area contributed by atoms with Gasteiger partial charge in [0.2, 0.25) is 0 Å². The Bertz CT molecular complexity index is 644. The van der Waals surface area contributed by atoms with E-state index in [1.54, 1.807) is 6.21 Å². The summed E-state index contributed by atoms with van der Waals surface area (Å²) in [5.41, 5.74) is 9.80. The second-order valence-electron chi connectivity index (χ2n) is 4.15. The van der Waals surface area contributed by atoms with Crippen molar-refractivity contribution >= 4 is 39.5 Å². The van der Waals surface area contributed by atoms with E-state index in [9.17, 15) is 0 Å². The van der Waals surface area contributed by atoms with Gasteiger partial charge in [-0.25, -0.2) is 0 Å². The average molecular weight is 364 g/mol. The number of para-hydroxylation sites is 1. The lowest BCUT2D eigenvalue weighted by atomic mass is 10.2. The molecule has 0 heterocycles. The minimum absolute atomic E-state index is 0.137.